The molecule has 2 heteroatoms. The first-order chi connectivity index (χ1) is 19.4. The van der Waals surface area contributed by atoms with E-state index in [9.17, 15) is 9.59 Å². The highest BCUT2D eigenvalue weighted by Gasteiger charge is 2.20. The van der Waals surface area contributed by atoms with E-state index in [1.165, 1.54) is 27.8 Å². The summed E-state index contributed by atoms with van der Waals surface area (Å²) < 4.78 is 0. The molecule has 0 amide bonds. The van der Waals surface area contributed by atoms with Gasteiger partial charge in [0.25, 0.3) is 0 Å². The number of benzene rings is 3. The van der Waals surface area contributed by atoms with Crippen LogP contribution in [0.5, 0.6) is 0 Å². The normalized spacial score (nSPS) is 14.1. The monoisotopic (exact) mass is 530 g/mol. The lowest BCUT2D eigenvalue weighted by Crippen LogP contribution is -2.08. The summed E-state index contributed by atoms with van der Waals surface area (Å²) in [5.74, 6) is 0.223. The second-order valence-corrected chi connectivity index (χ2v) is 10.8. The highest BCUT2D eigenvalue weighted by molar-refractivity contribution is 5.87. The van der Waals surface area contributed by atoms with Crippen molar-refractivity contribution in [2.24, 2.45) is 0 Å². The van der Waals surface area contributed by atoms with Crippen LogP contribution in [0.1, 0.15) is 80.8 Å². The molecule has 0 aliphatic heterocycles. The summed E-state index contributed by atoms with van der Waals surface area (Å²) in [6, 6.07) is 26.5. The smallest absolute Gasteiger partial charge is 0.150 e. The molecule has 0 saturated carbocycles. The molecule has 0 aromatic heterocycles. The van der Waals surface area contributed by atoms with Gasteiger partial charge in [0, 0.05) is 11.5 Å². The fourth-order valence-electron chi connectivity index (χ4n) is 4.88. The summed E-state index contributed by atoms with van der Waals surface area (Å²) in [5, 5.41) is 0. The molecular formula is C38H42O2. The molecule has 1 aliphatic carbocycles. The highest BCUT2D eigenvalue weighted by Crippen LogP contribution is 2.35. The molecule has 0 saturated heterocycles. The quantitative estimate of drug-likeness (QED) is 0.193. The summed E-state index contributed by atoms with van der Waals surface area (Å²) in [7, 11) is 0. The molecule has 1 unspecified atom stereocenters. The predicted molar refractivity (Wildman–Crippen MR) is 170 cm³/mol. The van der Waals surface area contributed by atoms with Gasteiger partial charge in [-0.05, 0) is 87.6 Å². The van der Waals surface area contributed by atoms with Crippen molar-refractivity contribution in [2.75, 3.05) is 0 Å². The zero-order valence-corrected chi connectivity index (χ0v) is 24.4. The largest absolute Gasteiger partial charge is 0.298 e. The highest BCUT2D eigenvalue weighted by atomic mass is 16.1. The standard InChI is InChI=1S/C19H22O.C19H20O/c2*1-15(2)7-6-8-16-11-12-18(14-20)19(13-16)17-9-4-3-5-10-17/h3-5,7,9-12,14,19H,6,8,13H2,1-2H3;3-5,7,9-14H,6,8H2,1-2H3. The second kappa shape index (κ2) is 16.2. The lowest BCUT2D eigenvalue weighted by atomic mass is 9.81. The van der Waals surface area contributed by atoms with Crippen LogP contribution < -0.4 is 0 Å². The third-order valence-electron chi connectivity index (χ3n) is 7.05. The molecule has 2 nitrogen and oxygen atoms in total. The van der Waals surface area contributed by atoms with E-state index in [1.54, 1.807) is 0 Å². The third-order valence-corrected chi connectivity index (χ3v) is 7.05. The van der Waals surface area contributed by atoms with Gasteiger partial charge in [0.2, 0.25) is 0 Å². The Balaban J connectivity index is 0.000000220. The van der Waals surface area contributed by atoms with Crippen LogP contribution >= 0.6 is 0 Å². The van der Waals surface area contributed by atoms with Crippen LogP contribution in [0.3, 0.4) is 0 Å². The molecule has 0 radical (unpaired) electrons. The molecule has 206 valence electrons. The Labute approximate surface area is 240 Å². The zero-order valence-electron chi connectivity index (χ0n) is 24.4. The Hall–Kier alpha value is -4.04. The lowest BCUT2D eigenvalue weighted by Gasteiger charge is -2.22. The SMILES string of the molecule is CC(C)=CCCC1=CC=C(C=O)C(c2ccccc2)C1.CC(C)=CCCc1ccc(C=O)c(-c2ccccc2)c1. The van der Waals surface area contributed by atoms with Gasteiger partial charge in [-0.1, -0.05) is 120 Å². The van der Waals surface area contributed by atoms with E-state index in [0.717, 1.165) is 66.9 Å². The van der Waals surface area contributed by atoms with Crippen molar-refractivity contribution in [3.63, 3.8) is 0 Å². The number of carbonyl (C=O) groups is 2. The van der Waals surface area contributed by atoms with Crippen LogP contribution in [0.2, 0.25) is 0 Å². The molecule has 1 atom stereocenters. The van der Waals surface area contributed by atoms with Gasteiger partial charge < -0.3 is 0 Å². The molecule has 1 aliphatic rings. The van der Waals surface area contributed by atoms with E-state index in [0.29, 0.717) is 0 Å². The van der Waals surface area contributed by atoms with Crippen molar-refractivity contribution in [3.8, 4) is 11.1 Å². The second-order valence-electron chi connectivity index (χ2n) is 10.8. The molecule has 3 aromatic rings. The van der Waals surface area contributed by atoms with Crippen LogP contribution in [-0.2, 0) is 11.2 Å². The first-order valence-electron chi connectivity index (χ1n) is 14.2. The summed E-state index contributed by atoms with van der Waals surface area (Å²) in [5.41, 5.74) is 10.4. The number of carbonyl (C=O) groups excluding carboxylic acids is 2. The van der Waals surface area contributed by atoms with E-state index >= 15 is 0 Å². The Bertz CT molecular complexity index is 1360. The number of hydrogen-bond acceptors (Lipinski definition) is 2. The molecule has 3 aromatic carbocycles. The average Bonchev–Trinajstić information content (AvgIpc) is 2.98. The van der Waals surface area contributed by atoms with E-state index in [1.807, 2.05) is 60.7 Å². The van der Waals surface area contributed by atoms with E-state index in [2.05, 4.69) is 70.2 Å². The minimum Gasteiger partial charge on any atom is -0.298 e. The summed E-state index contributed by atoms with van der Waals surface area (Å²) in [4.78, 5) is 22.5. The number of aldehydes is 2. The van der Waals surface area contributed by atoms with E-state index < -0.39 is 0 Å². The average molecular weight is 531 g/mol. The van der Waals surface area contributed by atoms with Crippen molar-refractivity contribution in [1.82, 2.24) is 0 Å². The van der Waals surface area contributed by atoms with Crippen LogP contribution in [0.4, 0.5) is 0 Å². The summed E-state index contributed by atoms with van der Waals surface area (Å²) >= 11 is 0. The number of allylic oxidation sites excluding steroid dienone is 8. The van der Waals surface area contributed by atoms with Crippen LogP contribution in [0, 0.1) is 0 Å². The number of aryl methyl sites for hydroxylation is 1. The molecule has 4 rings (SSSR count). The first kappa shape index (κ1) is 30.5. The fourth-order valence-corrected chi connectivity index (χ4v) is 4.88. The first-order valence-corrected chi connectivity index (χ1v) is 14.2. The Morgan fingerprint density at radius 2 is 1.35 bits per heavy atom. The molecule has 0 bridgehead atoms. The van der Waals surface area contributed by atoms with Gasteiger partial charge in [-0.2, -0.15) is 0 Å². The molecular weight excluding hydrogens is 488 g/mol. The van der Waals surface area contributed by atoms with Crippen molar-refractivity contribution in [2.45, 2.75) is 65.7 Å². The van der Waals surface area contributed by atoms with E-state index in [-0.39, 0.29) is 5.92 Å². The van der Waals surface area contributed by atoms with Crippen LogP contribution in [0.15, 0.2) is 125 Å². The van der Waals surface area contributed by atoms with Gasteiger partial charge in [0.15, 0.2) is 6.29 Å². The Morgan fingerprint density at radius 3 is 1.95 bits per heavy atom. The number of hydrogen-bond donors (Lipinski definition) is 0. The minimum absolute atomic E-state index is 0.223. The maximum atomic E-state index is 11.2. The molecule has 0 N–H and O–H groups in total. The molecule has 0 spiro atoms. The van der Waals surface area contributed by atoms with Gasteiger partial charge >= 0.3 is 0 Å². The Morgan fingerprint density at radius 1 is 0.725 bits per heavy atom. The maximum absolute atomic E-state index is 11.2. The number of rotatable bonds is 10. The van der Waals surface area contributed by atoms with Gasteiger partial charge in [-0.25, -0.2) is 0 Å². The van der Waals surface area contributed by atoms with Crippen LogP contribution in [-0.4, -0.2) is 12.6 Å². The summed E-state index contributed by atoms with van der Waals surface area (Å²) in [6.07, 6.45) is 15.7. The maximum Gasteiger partial charge on any atom is 0.150 e. The van der Waals surface area contributed by atoms with Gasteiger partial charge in [-0.15, -0.1) is 0 Å². The summed E-state index contributed by atoms with van der Waals surface area (Å²) in [6.45, 7) is 8.49. The predicted octanol–water partition coefficient (Wildman–Crippen LogP) is 10.0. The fraction of sp³-hybridized carbons (Fsp3) is 0.263. The van der Waals surface area contributed by atoms with Crippen molar-refractivity contribution < 1.29 is 9.59 Å². The van der Waals surface area contributed by atoms with Gasteiger partial charge in [0.1, 0.15) is 6.29 Å². The molecule has 0 heterocycles. The van der Waals surface area contributed by atoms with E-state index in [4.69, 9.17) is 0 Å². The minimum atomic E-state index is 0.223. The topological polar surface area (TPSA) is 34.1 Å². The zero-order chi connectivity index (χ0) is 28.7. The van der Waals surface area contributed by atoms with Crippen LogP contribution in [0.25, 0.3) is 11.1 Å². The molecule has 40 heavy (non-hydrogen) atoms. The van der Waals surface area contributed by atoms with Gasteiger partial charge in [0.05, 0.1) is 0 Å². The van der Waals surface area contributed by atoms with Crippen molar-refractivity contribution in [1.29, 1.82) is 0 Å². The van der Waals surface area contributed by atoms with Crippen molar-refractivity contribution in [3.05, 3.63) is 142 Å². The Kier molecular flexibility index (Phi) is 12.3. The van der Waals surface area contributed by atoms with Crippen molar-refractivity contribution >= 4 is 12.6 Å². The lowest BCUT2D eigenvalue weighted by molar-refractivity contribution is -0.105. The van der Waals surface area contributed by atoms with Gasteiger partial charge in [-0.3, -0.25) is 9.59 Å². The molecule has 0 fully saturated rings. The third kappa shape index (κ3) is 9.61.